The summed E-state index contributed by atoms with van der Waals surface area (Å²) in [6.07, 6.45) is 57.6. The summed E-state index contributed by atoms with van der Waals surface area (Å²) in [6, 6.07) is -0.565. The highest BCUT2D eigenvalue weighted by molar-refractivity contribution is 5.76. The Hall–Kier alpha value is -1.40. The van der Waals surface area contributed by atoms with Crippen LogP contribution in [0.1, 0.15) is 296 Å². The van der Waals surface area contributed by atoms with Gasteiger partial charge in [-0.3, -0.25) is 9.59 Å². The molecule has 1 amide bonds. The fourth-order valence-corrected chi connectivity index (χ4v) is 8.40. The van der Waals surface area contributed by atoms with Gasteiger partial charge in [0.05, 0.1) is 25.4 Å². The molecule has 0 aromatic rings. The van der Waals surface area contributed by atoms with E-state index in [0.717, 1.165) is 77.0 Å². The molecule has 356 valence electrons. The van der Waals surface area contributed by atoms with Crippen LogP contribution in [0.25, 0.3) is 0 Å². The van der Waals surface area contributed by atoms with E-state index >= 15 is 0 Å². The summed E-state index contributed by atoms with van der Waals surface area (Å²) in [5.41, 5.74) is 0. The maximum atomic E-state index is 12.4. The lowest BCUT2D eigenvalue weighted by Gasteiger charge is -2.22. The van der Waals surface area contributed by atoms with Crippen LogP contribution in [-0.2, 0) is 14.3 Å². The number of aliphatic hydroxyl groups is 2. The van der Waals surface area contributed by atoms with E-state index in [1.807, 2.05) is 0 Å². The zero-order chi connectivity index (χ0) is 43.7. The van der Waals surface area contributed by atoms with Gasteiger partial charge in [-0.15, -0.1) is 0 Å². The van der Waals surface area contributed by atoms with Gasteiger partial charge in [0.2, 0.25) is 5.91 Å². The molecule has 3 N–H and O–H groups in total. The summed E-state index contributed by atoms with van der Waals surface area (Å²) >= 11 is 0. The molecule has 0 radical (unpaired) electrons. The van der Waals surface area contributed by atoms with Crippen molar-refractivity contribution in [3.05, 3.63) is 12.2 Å². The number of amides is 1. The molecule has 0 fully saturated rings. The Balaban J connectivity index is 3.48. The first-order chi connectivity index (χ1) is 29.5. The second-order valence-electron chi connectivity index (χ2n) is 18.6. The van der Waals surface area contributed by atoms with Crippen LogP contribution in [-0.4, -0.2) is 47.4 Å². The number of hydrogen-bond donors (Lipinski definition) is 3. The SMILES string of the molecule is CCCCCCCCCCCCCCCCCCCCCC(=O)OCCCC/C=C\CCCCCCC(=O)NC(CO)C(O)CCCCCCCCCCCCCCCC. The Morgan fingerprint density at radius 3 is 1.18 bits per heavy atom. The minimum Gasteiger partial charge on any atom is -0.466 e. The van der Waals surface area contributed by atoms with Crippen molar-refractivity contribution in [3.63, 3.8) is 0 Å². The number of unbranched alkanes of at least 4 members (excludes halogenated alkanes) is 37. The third-order valence-corrected chi connectivity index (χ3v) is 12.6. The molecule has 0 rings (SSSR count). The normalized spacial score (nSPS) is 12.7. The Morgan fingerprint density at radius 1 is 0.450 bits per heavy atom. The van der Waals surface area contributed by atoms with Crippen LogP contribution >= 0.6 is 0 Å². The van der Waals surface area contributed by atoms with Gasteiger partial charge in [0.25, 0.3) is 0 Å². The molecule has 0 saturated heterocycles. The van der Waals surface area contributed by atoms with Gasteiger partial charge < -0.3 is 20.3 Å². The minimum atomic E-state index is -0.684. The van der Waals surface area contributed by atoms with E-state index in [-0.39, 0.29) is 18.5 Å². The monoisotopic (exact) mass is 848 g/mol. The predicted octanol–water partition coefficient (Wildman–Crippen LogP) is 16.1. The van der Waals surface area contributed by atoms with E-state index in [4.69, 9.17) is 4.74 Å². The average Bonchev–Trinajstić information content (AvgIpc) is 3.25. The second kappa shape index (κ2) is 50.2. The number of aliphatic hydroxyl groups excluding tert-OH is 2. The molecule has 0 aromatic heterocycles. The molecule has 0 aromatic carbocycles. The highest BCUT2D eigenvalue weighted by atomic mass is 16.5. The molecule has 0 aliphatic heterocycles. The number of hydrogen-bond acceptors (Lipinski definition) is 5. The van der Waals surface area contributed by atoms with Gasteiger partial charge in [-0.05, 0) is 51.4 Å². The molecule has 0 aliphatic rings. The first-order valence-electron chi connectivity index (χ1n) is 26.9. The molecule has 2 atom stereocenters. The maximum Gasteiger partial charge on any atom is 0.305 e. The van der Waals surface area contributed by atoms with E-state index < -0.39 is 12.1 Å². The average molecular weight is 848 g/mol. The lowest BCUT2D eigenvalue weighted by molar-refractivity contribution is -0.143. The Kier molecular flexibility index (Phi) is 49.1. The number of rotatable bonds is 50. The fourth-order valence-electron chi connectivity index (χ4n) is 8.40. The second-order valence-corrected chi connectivity index (χ2v) is 18.6. The zero-order valence-corrected chi connectivity index (χ0v) is 40.5. The smallest absolute Gasteiger partial charge is 0.305 e. The molecule has 60 heavy (non-hydrogen) atoms. The van der Waals surface area contributed by atoms with E-state index in [0.29, 0.717) is 25.9 Å². The quantitative estimate of drug-likeness (QED) is 0.0322. The van der Waals surface area contributed by atoms with Gasteiger partial charge in [-0.1, -0.05) is 244 Å². The Bertz CT molecular complexity index is 893. The Labute approximate surface area is 374 Å². The standard InChI is InChI=1S/C54H105NO5/c1-3-5-7-9-11-13-15-17-19-20-21-22-23-25-27-32-36-40-44-48-54(59)60-49-45-41-37-33-29-28-31-35-39-43-47-53(58)55-51(50-56)52(57)46-42-38-34-30-26-24-18-16-14-12-10-8-6-4-2/h29,33,51-52,56-57H,3-28,30-32,34-50H2,1-2H3,(H,55,58)/b33-29-. The summed E-state index contributed by atoms with van der Waals surface area (Å²) in [4.78, 5) is 24.5. The van der Waals surface area contributed by atoms with Crippen LogP contribution in [0.4, 0.5) is 0 Å². The summed E-state index contributed by atoms with van der Waals surface area (Å²) < 4.78 is 5.45. The molecular weight excluding hydrogens is 743 g/mol. The largest absolute Gasteiger partial charge is 0.466 e. The maximum absolute atomic E-state index is 12.4. The van der Waals surface area contributed by atoms with Gasteiger partial charge in [-0.2, -0.15) is 0 Å². The first kappa shape index (κ1) is 58.6. The molecule has 0 heterocycles. The number of allylic oxidation sites excluding steroid dienone is 2. The van der Waals surface area contributed by atoms with Gasteiger partial charge in [0.15, 0.2) is 0 Å². The number of carbonyl (C=O) groups excluding carboxylic acids is 2. The summed E-state index contributed by atoms with van der Waals surface area (Å²) in [6.45, 7) is 4.88. The highest BCUT2D eigenvalue weighted by Crippen LogP contribution is 2.17. The van der Waals surface area contributed by atoms with E-state index in [1.165, 1.54) is 186 Å². The highest BCUT2D eigenvalue weighted by Gasteiger charge is 2.20. The molecule has 6 heteroatoms. The number of nitrogens with one attached hydrogen (secondary N) is 1. The number of esters is 1. The molecule has 0 spiro atoms. The summed E-state index contributed by atoms with van der Waals surface area (Å²) in [7, 11) is 0. The van der Waals surface area contributed by atoms with Crippen molar-refractivity contribution >= 4 is 11.9 Å². The molecule has 2 unspecified atom stereocenters. The van der Waals surface area contributed by atoms with Gasteiger partial charge in [0, 0.05) is 12.8 Å². The summed E-state index contributed by atoms with van der Waals surface area (Å²) in [5.74, 6) is -0.100. The third-order valence-electron chi connectivity index (χ3n) is 12.6. The van der Waals surface area contributed by atoms with Crippen molar-refractivity contribution in [1.82, 2.24) is 5.32 Å². The van der Waals surface area contributed by atoms with Crippen molar-refractivity contribution in [2.75, 3.05) is 13.2 Å². The predicted molar refractivity (Wildman–Crippen MR) is 260 cm³/mol. The van der Waals surface area contributed by atoms with Crippen LogP contribution in [0.5, 0.6) is 0 Å². The van der Waals surface area contributed by atoms with Crippen molar-refractivity contribution in [2.45, 2.75) is 309 Å². The summed E-state index contributed by atoms with van der Waals surface area (Å²) in [5, 5.41) is 23.2. The van der Waals surface area contributed by atoms with Crippen LogP contribution in [0.2, 0.25) is 0 Å². The lowest BCUT2D eigenvalue weighted by Crippen LogP contribution is -2.45. The number of carbonyl (C=O) groups is 2. The number of ether oxygens (including phenoxy) is 1. The van der Waals surface area contributed by atoms with Crippen molar-refractivity contribution in [2.24, 2.45) is 0 Å². The minimum absolute atomic E-state index is 0.0313. The van der Waals surface area contributed by atoms with Gasteiger partial charge >= 0.3 is 5.97 Å². The van der Waals surface area contributed by atoms with Crippen LogP contribution in [0, 0.1) is 0 Å². The molecular formula is C54H105NO5. The van der Waals surface area contributed by atoms with Crippen molar-refractivity contribution < 1.29 is 24.5 Å². The van der Waals surface area contributed by atoms with E-state index in [2.05, 4.69) is 31.3 Å². The third kappa shape index (κ3) is 46.1. The molecule has 6 nitrogen and oxygen atoms in total. The van der Waals surface area contributed by atoms with E-state index in [9.17, 15) is 19.8 Å². The first-order valence-corrected chi connectivity index (χ1v) is 26.9. The van der Waals surface area contributed by atoms with Crippen molar-refractivity contribution in [3.8, 4) is 0 Å². The van der Waals surface area contributed by atoms with Gasteiger partial charge in [0.1, 0.15) is 0 Å². The molecule has 0 bridgehead atoms. The topological polar surface area (TPSA) is 95.9 Å². The van der Waals surface area contributed by atoms with Gasteiger partial charge in [-0.25, -0.2) is 0 Å². The van der Waals surface area contributed by atoms with Crippen LogP contribution in [0.15, 0.2) is 12.2 Å². The Morgan fingerprint density at radius 2 is 0.783 bits per heavy atom. The molecule has 0 aliphatic carbocycles. The van der Waals surface area contributed by atoms with Crippen LogP contribution < -0.4 is 5.32 Å². The zero-order valence-electron chi connectivity index (χ0n) is 40.5. The van der Waals surface area contributed by atoms with E-state index in [1.54, 1.807) is 0 Å². The molecule has 0 saturated carbocycles. The van der Waals surface area contributed by atoms with Crippen molar-refractivity contribution in [1.29, 1.82) is 0 Å². The fraction of sp³-hybridized carbons (Fsp3) is 0.926. The van der Waals surface area contributed by atoms with Crippen LogP contribution in [0.3, 0.4) is 0 Å². The lowest BCUT2D eigenvalue weighted by atomic mass is 10.0.